The van der Waals surface area contributed by atoms with Gasteiger partial charge in [-0.3, -0.25) is 0 Å². The number of benzene rings is 2. The molecule has 5 rings (SSSR count). The van der Waals surface area contributed by atoms with Gasteiger partial charge in [-0.25, -0.2) is 22.9 Å². The summed E-state index contributed by atoms with van der Waals surface area (Å²) in [4.78, 5) is 19.8. The second kappa shape index (κ2) is 9.95. The molecule has 2 N–H and O–H groups in total. The van der Waals surface area contributed by atoms with E-state index in [2.05, 4.69) is 24.9 Å². The Balaban J connectivity index is 1.27. The summed E-state index contributed by atoms with van der Waals surface area (Å²) in [6.07, 6.45) is 2.90. The summed E-state index contributed by atoms with van der Waals surface area (Å²) in [5.41, 5.74) is 2.10. The minimum Gasteiger partial charge on any atom is -0.465 e. The number of imidazole rings is 1. The highest BCUT2D eigenvalue weighted by atomic mass is 32.2. The molecule has 0 amide bonds. The molecule has 11 heteroatoms. The molecule has 1 aliphatic rings. The topological polar surface area (TPSA) is 140 Å². The summed E-state index contributed by atoms with van der Waals surface area (Å²) in [6, 6.07) is 11.5. The first kappa shape index (κ1) is 26.1. The maximum atomic E-state index is 13.2. The highest BCUT2D eigenvalue weighted by molar-refractivity contribution is 7.89. The van der Waals surface area contributed by atoms with E-state index in [1.54, 1.807) is 36.4 Å². The maximum absolute atomic E-state index is 13.2. The number of carbonyl (C=O) groups is 1. The van der Waals surface area contributed by atoms with Gasteiger partial charge in [0.15, 0.2) is 0 Å². The quantitative estimate of drug-likeness (QED) is 0.337. The fraction of sp³-hybridized carbons (Fsp3) is 0.407. The number of rotatable bonds is 6. The molecule has 0 atom stereocenters. The van der Waals surface area contributed by atoms with E-state index >= 15 is 0 Å². The number of hydrogen-bond donors (Lipinski definition) is 2. The van der Waals surface area contributed by atoms with Crippen molar-refractivity contribution in [1.29, 1.82) is 0 Å². The van der Waals surface area contributed by atoms with Gasteiger partial charge in [0.1, 0.15) is 5.82 Å². The van der Waals surface area contributed by atoms with Crippen LogP contribution in [0.25, 0.3) is 22.4 Å². The van der Waals surface area contributed by atoms with E-state index in [1.807, 2.05) is 26.8 Å². The number of methoxy groups -OCH3 is 1. The Morgan fingerprint density at radius 3 is 2.53 bits per heavy atom. The zero-order valence-electron chi connectivity index (χ0n) is 21.8. The molecule has 0 aliphatic heterocycles. The van der Waals surface area contributed by atoms with Crippen LogP contribution in [0.2, 0.25) is 0 Å². The molecule has 1 aliphatic carbocycles. The van der Waals surface area contributed by atoms with Crippen LogP contribution in [-0.4, -0.2) is 47.7 Å². The molecule has 2 aromatic heterocycles. The average Bonchev–Trinajstić information content (AvgIpc) is 3.56. The molecule has 2 heterocycles. The lowest BCUT2D eigenvalue weighted by Crippen LogP contribution is -2.37. The molecule has 1 saturated carbocycles. The van der Waals surface area contributed by atoms with Gasteiger partial charge in [-0.15, -0.1) is 10.2 Å². The molecule has 0 spiro atoms. The van der Waals surface area contributed by atoms with Crippen molar-refractivity contribution in [2.75, 3.05) is 7.11 Å². The minimum absolute atomic E-state index is 0.135. The number of H-pyrrole nitrogens is 1. The molecule has 0 saturated heterocycles. The van der Waals surface area contributed by atoms with Crippen LogP contribution in [0.1, 0.15) is 74.5 Å². The van der Waals surface area contributed by atoms with Gasteiger partial charge in [0, 0.05) is 22.9 Å². The maximum Gasteiger partial charge on any atom is 0.337 e. The highest BCUT2D eigenvalue weighted by Gasteiger charge is 2.31. The number of nitrogens with zero attached hydrogens (tertiary/aromatic N) is 3. The molecule has 38 heavy (non-hydrogen) atoms. The van der Waals surface area contributed by atoms with Crippen LogP contribution >= 0.6 is 0 Å². The average molecular weight is 538 g/mol. The fourth-order valence-corrected chi connectivity index (χ4v) is 5.97. The second-order valence-electron chi connectivity index (χ2n) is 10.7. The predicted octanol–water partition coefficient (Wildman–Crippen LogP) is 4.70. The van der Waals surface area contributed by atoms with E-state index in [1.165, 1.54) is 7.11 Å². The number of sulfonamides is 1. The summed E-state index contributed by atoms with van der Waals surface area (Å²) in [7, 11) is -2.41. The molecule has 1 fully saturated rings. The number of ether oxygens (including phenoxy) is 1. The van der Waals surface area contributed by atoms with Crippen LogP contribution in [0.3, 0.4) is 0 Å². The van der Waals surface area contributed by atoms with Crippen molar-refractivity contribution in [2.45, 2.75) is 68.7 Å². The Morgan fingerprint density at radius 1 is 1.08 bits per heavy atom. The summed E-state index contributed by atoms with van der Waals surface area (Å²) in [6.45, 7) is 6.08. The van der Waals surface area contributed by atoms with Gasteiger partial charge in [-0.2, -0.15) is 0 Å². The molecule has 0 unspecified atom stereocenters. The van der Waals surface area contributed by atoms with Crippen molar-refractivity contribution in [3.8, 4) is 11.4 Å². The standard InChI is InChI=1S/C27H31N5O5S/c1-27(2,3)26-31-30-24(37-26)16-8-10-19(11-9-16)32-38(34,35)20-12-13-21-22(15-20)29-23(28-21)17-6-5-7-18(14-17)25(33)36-4/h5-7,12-16,19,32H,8-11H2,1-4H3,(H,28,29). The molecule has 0 radical (unpaired) electrons. The van der Waals surface area contributed by atoms with Crippen molar-refractivity contribution in [3.05, 3.63) is 59.8 Å². The first-order chi connectivity index (χ1) is 18.0. The zero-order chi connectivity index (χ0) is 27.1. The second-order valence-corrected chi connectivity index (χ2v) is 12.4. The lowest BCUT2D eigenvalue weighted by molar-refractivity contribution is 0.0600. The molecule has 4 aromatic rings. The monoisotopic (exact) mass is 537 g/mol. The minimum atomic E-state index is -3.74. The Kier molecular flexibility index (Phi) is 6.83. The molecule has 200 valence electrons. The molecule has 10 nitrogen and oxygen atoms in total. The van der Waals surface area contributed by atoms with Gasteiger partial charge < -0.3 is 14.1 Å². The summed E-state index contributed by atoms with van der Waals surface area (Å²) < 4.78 is 39.9. The largest absolute Gasteiger partial charge is 0.465 e. The Hall–Kier alpha value is -3.57. The van der Waals surface area contributed by atoms with E-state index in [0.717, 1.165) is 12.8 Å². The predicted molar refractivity (Wildman–Crippen MR) is 141 cm³/mol. The third-order valence-electron chi connectivity index (χ3n) is 6.80. The number of esters is 1. The van der Waals surface area contributed by atoms with E-state index in [4.69, 9.17) is 9.15 Å². The van der Waals surface area contributed by atoms with Crippen LogP contribution in [-0.2, 0) is 20.2 Å². The zero-order valence-corrected chi connectivity index (χ0v) is 22.6. The Labute approximate surface area is 221 Å². The number of aromatic amines is 1. The van der Waals surface area contributed by atoms with Crippen molar-refractivity contribution in [1.82, 2.24) is 24.9 Å². The van der Waals surface area contributed by atoms with Crippen LogP contribution in [0.4, 0.5) is 0 Å². The van der Waals surface area contributed by atoms with E-state index in [9.17, 15) is 13.2 Å². The molecule has 0 bridgehead atoms. The van der Waals surface area contributed by atoms with Gasteiger partial charge in [0.25, 0.3) is 0 Å². The lowest BCUT2D eigenvalue weighted by Gasteiger charge is -2.27. The SMILES string of the molecule is COC(=O)c1cccc(-c2nc3cc(S(=O)(=O)NC4CCC(c5nnc(C(C)(C)C)o5)CC4)ccc3[nH]2)c1. The Bertz CT molecular complexity index is 1580. The van der Waals surface area contributed by atoms with Crippen LogP contribution in [0.5, 0.6) is 0 Å². The van der Waals surface area contributed by atoms with Crippen LogP contribution in [0, 0.1) is 0 Å². The van der Waals surface area contributed by atoms with Crippen LogP contribution < -0.4 is 4.72 Å². The highest BCUT2D eigenvalue weighted by Crippen LogP contribution is 2.34. The first-order valence-corrected chi connectivity index (χ1v) is 14.1. The molecular formula is C27H31N5O5S. The van der Waals surface area contributed by atoms with Crippen molar-refractivity contribution in [2.24, 2.45) is 0 Å². The summed E-state index contributed by atoms with van der Waals surface area (Å²) in [5.74, 6) is 1.47. The van der Waals surface area contributed by atoms with Crippen molar-refractivity contribution in [3.63, 3.8) is 0 Å². The number of hydrogen-bond acceptors (Lipinski definition) is 8. The fourth-order valence-electron chi connectivity index (χ4n) is 4.65. The van der Waals surface area contributed by atoms with Gasteiger partial charge in [0.2, 0.25) is 21.8 Å². The number of carbonyl (C=O) groups excluding carboxylic acids is 1. The smallest absolute Gasteiger partial charge is 0.337 e. The summed E-state index contributed by atoms with van der Waals surface area (Å²) in [5, 5.41) is 8.42. The van der Waals surface area contributed by atoms with E-state index in [-0.39, 0.29) is 22.3 Å². The van der Waals surface area contributed by atoms with Crippen molar-refractivity contribution < 1.29 is 22.4 Å². The Morgan fingerprint density at radius 2 is 1.84 bits per heavy atom. The van der Waals surface area contributed by atoms with Crippen LogP contribution in [0.15, 0.2) is 51.8 Å². The van der Waals surface area contributed by atoms with E-state index in [0.29, 0.717) is 52.6 Å². The first-order valence-electron chi connectivity index (χ1n) is 12.6. The van der Waals surface area contributed by atoms with Crippen molar-refractivity contribution >= 4 is 27.0 Å². The van der Waals surface area contributed by atoms with E-state index < -0.39 is 16.0 Å². The molecule has 2 aromatic carbocycles. The van der Waals surface area contributed by atoms with Gasteiger partial charge in [-0.05, 0) is 56.0 Å². The summed E-state index contributed by atoms with van der Waals surface area (Å²) >= 11 is 0. The number of aromatic nitrogens is 4. The van der Waals surface area contributed by atoms with Gasteiger partial charge in [0.05, 0.1) is 28.6 Å². The molecular weight excluding hydrogens is 506 g/mol. The lowest BCUT2D eigenvalue weighted by atomic mass is 9.86. The number of nitrogens with one attached hydrogen (secondary N) is 2. The van der Waals surface area contributed by atoms with Gasteiger partial charge >= 0.3 is 5.97 Å². The normalized spacial score (nSPS) is 18.5. The third kappa shape index (κ3) is 5.34. The van der Waals surface area contributed by atoms with Gasteiger partial charge in [-0.1, -0.05) is 32.9 Å². The third-order valence-corrected chi connectivity index (χ3v) is 8.32. The number of fused-ring (bicyclic) bond motifs is 1.